The number of likely N-dealkylation sites (tertiary alicyclic amines) is 1. The van der Waals surface area contributed by atoms with Crippen molar-refractivity contribution in [1.82, 2.24) is 35.6 Å². The van der Waals surface area contributed by atoms with Crippen molar-refractivity contribution in [3.05, 3.63) is 70.2 Å². The number of amides is 4. The monoisotopic (exact) mass is 910 g/mol. The van der Waals surface area contributed by atoms with E-state index in [0.717, 1.165) is 33.9 Å². The van der Waals surface area contributed by atoms with Crippen molar-refractivity contribution in [1.29, 1.82) is 0 Å². The summed E-state index contributed by atoms with van der Waals surface area (Å²) < 4.78 is 40.6. The van der Waals surface area contributed by atoms with Gasteiger partial charge >= 0.3 is 0 Å². The molecule has 1 aromatic heterocycles. The number of nitrogens with one attached hydrogen (secondary N) is 3. The van der Waals surface area contributed by atoms with Crippen LogP contribution < -0.4 is 25.6 Å². The number of carbonyl (C=O) groups is 4. The van der Waals surface area contributed by atoms with E-state index < -0.39 is 65.3 Å². The van der Waals surface area contributed by atoms with Crippen LogP contribution in [0.3, 0.4) is 0 Å². The Morgan fingerprint density at radius 2 is 1.73 bits per heavy atom. The fourth-order valence-electron chi connectivity index (χ4n) is 8.09. The first kappa shape index (κ1) is 46.2. The molecule has 63 heavy (non-hydrogen) atoms. The lowest BCUT2D eigenvalue weighted by Gasteiger charge is -2.37. The van der Waals surface area contributed by atoms with Gasteiger partial charge in [-0.15, -0.1) is 23.1 Å². The number of allylic oxidation sites excluding steroid dienone is 1. The first-order chi connectivity index (χ1) is 30.1. The molecule has 3 aromatic rings. The maximum Gasteiger partial charge on any atom is 0.260 e. The van der Waals surface area contributed by atoms with Crippen molar-refractivity contribution in [3.8, 4) is 17.0 Å². The standard InChI is InChI=1S/C44H56F2N8O7S2/c1-26(28-6-8-29(9-7-28)39-27(2)47-25-63-39)48-41(58)34-20-30(55)21-54(34)42(59)40(44(3,4)5)50-35(56)22-51-12-14-52(15-13-51)36(57)23-61-38-31(10-11-32(45)37(38)46)33-24-62-43(49-33)53-16-18-60-19-17-53/h6-11,24,26,30,34,40,47,55H,12-23,25H2,1-5H3,(H,48,58)(H,50,56)/t26-,30+,34-,40+/m0/s1. The summed E-state index contributed by atoms with van der Waals surface area (Å²) in [7, 11) is 0. The Balaban J connectivity index is 0.907. The van der Waals surface area contributed by atoms with Gasteiger partial charge in [0.1, 0.15) is 12.1 Å². The van der Waals surface area contributed by atoms with Crippen LogP contribution in [0.5, 0.6) is 5.75 Å². The molecule has 0 aliphatic carbocycles. The van der Waals surface area contributed by atoms with Crippen molar-refractivity contribution in [2.45, 2.75) is 65.3 Å². The molecule has 0 spiro atoms. The van der Waals surface area contributed by atoms with Crippen molar-refractivity contribution < 1.29 is 42.5 Å². The number of hydrogen-bond acceptors (Lipinski definition) is 13. The van der Waals surface area contributed by atoms with Crippen molar-refractivity contribution in [2.24, 2.45) is 5.41 Å². The molecule has 4 amide bonds. The summed E-state index contributed by atoms with van der Waals surface area (Å²) in [4.78, 5) is 67.3. The van der Waals surface area contributed by atoms with Crippen LogP contribution in [0.25, 0.3) is 16.2 Å². The van der Waals surface area contributed by atoms with Crippen LogP contribution in [0, 0.1) is 17.0 Å². The maximum absolute atomic E-state index is 15.1. The van der Waals surface area contributed by atoms with E-state index in [-0.39, 0.29) is 50.1 Å². The predicted molar refractivity (Wildman–Crippen MR) is 238 cm³/mol. The lowest BCUT2D eigenvalue weighted by molar-refractivity contribution is -0.144. The maximum atomic E-state index is 15.1. The fourth-order valence-corrected chi connectivity index (χ4v) is 10.00. The van der Waals surface area contributed by atoms with Gasteiger partial charge in [-0.25, -0.2) is 9.37 Å². The van der Waals surface area contributed by atoms with E-state index >= 15 is 4.39 Å². The summed E-state index contributed by atoms with van der Waals surface area (Å²) in [5.74, 6) is -3.56. The number of ether oxygens (including phenoxy) is 2. The highest BCUT2D eigenvalue weighted by Gasteiger charge is 2.45. The Hall–Kier alpha value is -4.82. The molecule has 4 N–H and O–H groups in total. The third kappa shape index (κ3) is 10.9. The minimum atomic E-state index is -1.21. The van der Waals surface area contributed by atoms with Crippen LogP contribution in [0.15, 0.2) is 47.5 Å². The highest BCUT2D eigenvalue weighted by atomic mass is 32.2. The quantitative estimate of drug-likeness (QED) is 0.196. The van der Waals surface area contributed by atoms with Gasteiger partial charge < -0.3 is 45.2 Å². The minimum Gasteiger partial charge on any atom is -0.480 e. The number of aliphatic hydroxyl groups excluding tert-OH is 1. The van der Waals surface area contributed by atoms with Gasteiger partial charge in [-0.3, -0.25) is 24.1 Å². The number of β-amino-alcohol motifs (C(OH)–C–C–N with tert-alkyl or cyclic N) is 1. The number of halogens is 2. The molecule has 0 saturated carbocycles. The van der Waals surface area contributed by atoms with Gasteiger partial charge in [0.15, 0.2) is 23.3 Å². The van der Waals surface area contributed by atoms with Crippen molar-refractivity contribution >= 4 is 56.8 Å². The number of aliphatic hydroxyl groups is 1. The van der Waals surface area contributed by atoms with E-state index in [1.165, 1.54) is 32.1 Å². The molecular weight excluding hydrogens is 855 g/mol. The van der Waals surface area contributed by atoms with Gasteiger partial charge in [0.2, 0.25) is 23.5 Å². The SMILES string of the molecule is CC1=C(c2ccc([C@H](C)NC(=O)[C@@H]3C[C@@H](O)CN3C(=O)[C@@H](NC(=O)CN3CCN(C(=O)COc4c(-c5csc(N6CCOCC6)n5)ccc(F)c4F)CC3)C(C)(C)C)cc2)SCN1. The molecule has 19 heteroatoms. The average molecular weight is 911 g/mol. The molecule has 0 bridgehead atoms. The van der Waals surface area contributed by atoms with Crippen molar-refractivity contribution in [2.75, 3.05) is 83.0 Å². The second-order valence-electron chi connectivity index (χ2n) is 17.3. The summed E-state index contributed by atoms with van der Waals surface area (Å²) in [5, 5.41) is 22.4. The van der Waals surface area contributed by atoms with Crippen LogP contribution in [0.4, 0.5) is 13.9 Å². The molecule has 2 aromatic carbocycles. The van der Waals surface area contributed by atoms with E-state index in [0.29, 0.717) is 45.1 Å². The highest BCUT2D eigenvalue weighted by Crippen LogP contribution is 2.37. The third-order valence-electron chi connectivity index (χ3n) is 11.7. The molecule has 4 aliphatic heterocycles. The number of morpholine rings is 1. The largest absolute Gasteiger partial charge is 0.480 e. The van der Waals surface area contributed by atoms with Gasteiger partial charge in [0, 0.05) is 73.8 Å². The van der Waals surface area contributed by atoms with E-state index in [1.54, 1.807) is 17.1 Å². The second kappa shape index (κ2) is 19.9. The molecule has 4 atom stereocenters. The Bertz CT molecular complexity index is 2190. The molecule has 3 fully saturated rings. The highest BCUT2D eigenvalue weighted by molar-refractivity contribution is 8.08. The van der Waals surface area contributed by atoms with Crippen LogP contribution in [0.1, 0.15) is 58.2 Å². The van der Waals surface area contributed by atoms with Gasteiger partial charge in [-0.1, -0.05) is 45.0 Å². The zero-order valence-corrected chi connectivity index (χ0v) is 37.9. The number of anilines is 1. The van der Waals surface area contributed by atoms with Crippen LogP contribution in [0.2, 0.25) is 0 Å². The van der Waals surface area contributed by atoms with Gasteiger partial charge in [0.05, 0.1) is 43.5 Å². The minimum absolute atomic E-state index is 0.0454. The Morgan fingerprint density at radius 3 is 2.40 bits per heavy atom. The Labute approximate surface area is 374 Å². The number of rotatable bonds is 13. The predicted octanol–water partition coefficient (Wildman–Crippen LogP) is 3.80. The normalized spacial score (nSPS) is 20.7. The number of benzene rings is 2. The van der Waals surface area contributed by atoms with Crippen LogP contribution in [-0.2, 0) is 23.9 Å². The molecular formula is C44H56F2N8O7S2. The van der Waals surface area contributed by atoms with E-state index in [4.69, 9.17) is 9.47 Å². The number of aromatic nitrogens is 1. The van der Waals surface area contributed by atoms with Gasteiger partial charge in [-0.05, 0) is 42.5 Å². The topological polar surface area (TPSA) is 169 Å². The first-order valence-electron chi connectivity index (χ1n) is 21.2. The molecule has 0 unspecified atom stereocenters. The van der Waals surface area contributed by atoms with Crippen molar-refractivity contribution in [3.63, 3.8) is 0 Å². The Morgan fingerprint density at radius 1 is 1.02 bits per heavy atom. The van der Waals surface area contributed by atoms with Gasteiger partial charge in [0.25, 0.3) is 5.91 Å². The number of thioether (sulfide) groups is 1. The molecule has 5 heterocycles. The smallest absolute Gasteiger partial charge is 0.260 e. The summed E-state index contributed by atoms with van der Waals surface area (Å²) in [6.45, 7) is 12.4. The summed E-state index contributed by atoms with van der Waals surface area (Å²) >= 11 is 3.11. The molecule has 3 saturated heterocycles. The zero-order valence-electron chi connectivity index (χ0n) is 36.2. The summed E-state index contributed by atoms with van der Waals surface area (Å²) in [5.41, 5.74) is 3.01. The number of nitrogens with zero attached hydrogens (tertiary/aromatic N) is 5. The van der Waals surface area contributed by atoms with Crippen LogP contribution in [-0.4, -0.2) is 145 Å². The summed E-state index contributed by atoms with van der Waals surface area (Å²) in [6.07, 6.45) is -0.837. The number of thiazole rings is 1. The lowest BCUT2D eigenvalue weighted by Crippen LogP contribution is -2.59. The molecule has 340 valence electrons. The van der Waals surface area contributed by atoms with E-state index in [9.17, 15) is 28.7 Å². The third-order valence-corrected chi connectivity index (χ3v) is 13.8. The van der Waals surface area contributed by atoms with Crippen LogP contribution >= 0.6 is 23.1 Å². The number of piperazine rings is 1. The Kier molecular flexibility index (Phi) is 14.6. The molecule has 7 rings (SSSR count). The second-order valence-corrected chi connectivity index (χ2v) is 19.2. The first-order valence-corrected chi connectivity index (χ1v) is 23.1. The summed E-state index contributed by atoms with van der Waals surface area (Å²) in [6, 6.07) is 8.10. The van der Waals surface area contributed by atoms with Gasteiger partial charge in [-0.2, -0.15) is 4.39 Å². The number of hydrogen-bond donors (Lipinski definition) is 4. The molecule has 4 aliphatic rings. The molecule has 15 nitrogen and oxygen atoms in total. The van der Waals surface area contributed by atoms with E-state index in [1.807, 2.05) is 63.8 Å². The van der Waals surface area contributed by atoms with E-state index in [2.05, 4.69) is 25.8 Å². The fraction of sp³-hybridized carbons (Fsp3) is 0.523. The zero-order chi connectivity index (χ0) is 45.0. The average Bonchev–Trinajstić information content (AvgIpc) is 4.03. The lowest BCUT2D eigenvalue weighted by atomic mass is 9.85. The number of carbonyl (C=O) groups excluding carboxylic acids is 4. The molecule has 0 radical (unpaired) electrons.